The number of nitriles is 2. The Kier molecular flexibility index (Phi) is 5.85. The van der Waals surface area contributed by atoms with Crippen LogP contribution in [-0.2, 0) is 19.2 Å². The second-order valence-electron chi connectivity index (χ2n) is 14.7. The Bertz CT molecular complexity index is 1580. The molecule has 8 nitrogen and oxygen atoms in total. The van der Waals surface area contributed by atoms with E-state index in [-0.39, 0.29) is 47.3 Å². The zero-order valence-corrected chi connectivity index (χ0v) is 26.4. The number of nitrogens with zero attached hydrogens (tertiary/aromatic N) is 4. The number of carbonyl (C=O) groups is 4. The van der Waals surface area contributed by atoms with Gasteiger partial charge in [0.1, 0.15) is 10.7 Å². The summed E-state index contributed by atoms with van der Waals surface area (Å²) >= 11 is 3.07. The van der Waals surface area contributed by atoms with E-state index in [2.05, 4.69) is 26.0 Å². The predicted octanol–water partition coefficient (Wildman–Crippen LogP) is 4.82. The van der Waals surface area contributed by atoms with Crippen LogP contribution in [0.25, 0.3) is 0 Å². The SMILES string of the molecule is C[C@H]1CCC2=C(C1)[C@@H](C#N)[C@@H](N1C(=O)[C@H]3[C@H](C1=O)[C@@H]1[C@H]4C=C[C@@H]([C@H]5C(=O)N([C@@H]6SC7=C(C[C@@H](C)CC7)[C@@H]6C#N)C(=O)[C@@H]45)[C@@H]31)S2. The van der Waals surface area contributed by atoms with Crippen molar-refractivity contribution in [3.8, 4) is 12.1 Å². The maximum Gasteiger partial charge on any atom is 0.234 e. The molecule has 0 unspecified atom stereocenters. The van der Waals surface area contributed by atoms with Gasteiger partial charge in [-0.25, -0.2) is 0 Å². The number of rotatable bonds is 2. The van der Waals surface area contributed by atoms with Crippen LogP contribution >= 0.6 is 23.5 Å². The minimum absolute atomic E-state index is 0.154. The molecule has 0 aromatic carbocycles. The van der Waals surface area contributed by atoms with Crippen molar-refractivity contribution in [2.24, 2.45) is 71.0 Å². The van der Waals surface area contributed by atoms with E-state index in [4.69, 9.17) is 0 Å². The Morgan fingerprint density at radius 3 is 1.43 bits per heavy atom. The van der Waals surface area contributed by atoms with Gasteiger partial charge >= 0.3 is 0 Å². The Balaban J connectivity index is 1.00. The Morgan fingerprint density at radius 2 is 1.05 bits per heavy atom. The molecule has 0 radical (unpaired) electrons. The van der Waals surface area contributed by atoms with Crippen LogP contribution in [-0.4, -0.2) is 44.2 Å². The van der Waals surface area contributed by atoms with E-state index in [0.29, 0.717) is 11.8 Å². The summed E-state index contributed by atoms with van der Waals surface area (Å²) in [5.41, 5.74) is 2.21. The number of hydrogen-bond acceptors (Lipinski definition) is 8. The molecule has 0 spiro atoms. The van der Waals surface area contributed by atoms with Crippen LogP contribution in [0.1, 0.15) is 52.4 Å². The van der Waals surface area contributed by atoms with Gasteiger partial charge in [-0.1, -0.05) is 26.0 Å². The predicted molar refractivity (Wildman–Crippen MR) is 162 cm³/mol. The first-order valence-electron chi connectivity index (χ1n) is 16.2. The summed E-state index contributed by atoms with van der Waals surface area (Å²) in [6.07, 6.45) is 9.65. The number of likely N-dealkylation sites (tertiary alicyclic amines) is 2. The molecule has 10 aliphatic rings. The van der Waals surface area contributed by atoms with E-state index in [1.165, 1.54) is 43.1 Å². The van der Waals surface area contributed by atoms with Gasteiger partial charge < -0.3 is 0 Å². The second kappa shape index (κ2) is 9.36. The molecule has 0 aromatic rings. The summed E-state index contributed by atoms with van der Waals surface area (Å²) in [7, 11) is 0. The van der Waals surface area contributed by atoms with Crippen LogP contribution in [0.4, 0.5) is 0 Å². The monoisotopic (exact) mass is 626 g/mol. The molecule has 10 rings (SSSR count). The average Bonchev–Trinajstić information content (AvgIpc) is 3.66. The molecule has 4 fully saturated rings. The number of fused-ring (bicyclic) bond motifs is 1. The summed E-state index contributed by atoms with van der Waals surface area (Å²) in [6, 6.07) is 4.88. The quantitative estimate of drug-likeness (QED) is 0.316. The molecular weight excluding hydrogens is 593 g/mol. The van der Waals surface area contributed by atoms with E-state index in [1.54, 1.807) is 0 Å². The summed E-state index contributed by atoms with van der Waals surface area (Å²) < 4.78 is 0. The smallest absolute Gasteiger partial charge is 0.234 e. The van der Waals surface area contributed by atoms with Crippen LogP contribution in [0.5, 0.6) is 0 Å². The zero-order chi connectivity index (χ0) is 30.3. The Labute approximate surface area is 265 Å². The molecular formula is C34H34N4O4S2. The highest BCUT2D eigenvalue weighted by Crippen LogP contribution is 2.69. The van der Waals surface area contributed by atoms with Gasteiger partial charge in [0.25, 0.3) is 0 Å². The van der Waals surface area contributed by atoms with Crippen molar-refractivity contribution < 1.29 is 19.2 Å². The van der Waals surface area contributed by atoms with Gasteiger partial charge in [-0.15, -0.1) is 23.5 Å². The highest BCUT2D eigenvalue weighted by molar-refractivity contribution is 8.04. The summed E-state index contributed by atoms with van der Waals surface area (Å²) in [4.78, 5) is 61.9. The largest absolute Gasteiger partial charge is 0.274 e. The lowest BCUT2D eigenvalue weighted by Gasteiger charge is -2.60. The fourth-order valence-corrected chi connectivity index (χ4v) is 13.9. The van der Waals surface area contributed by atoms with Crippen LogP contribution in [0.15, 0.2) is 33.1 Å². The molecule has 2 saturated heterocycles. The van der Waals surface area contributed by atoms with E-state index in [0.717, 1.165) is 49.7 Å². The minimum Gasteiger partial charge on any atom is -0.274 e. The molecule has 44 heavy (non-hydrogen) atoms. The maximum atomic E-state index is 14.2. The topological polar surface area (TPSA) is 122 Å². The number of thioether (sulfide) groups is 2. The first-order valence-corrected chi connectivity index (χ1v) is 18.0. The third-order valence-electron chi connectivity index (χ3n) is 12.6. The van der Waals surface area contributed by atoms with Crippen LogP contribution in [0, 0.1) is 93.7 Å². The number of hydrogen-bond donors (Lipinski definition) is 0. The van der Waals surface area contributed by atoms with Gasteiger partial charge in [0.15, 0.2) is 0 Å². The van der Waals surface area contributed by atoms with Gasteiger partial charge in [-0.3, -0.25) is 29.0 Å². The van der Waals surface area contributed by atoms with E-state index in [1.807, 2.05) is 12.2 Å². The van der Waals surface area contributed by atoms with E-state index < -0.39 is 46.3 Å². The summed E-state index contributed by atoms with van der Waals surface area (Å²) in [5, 5.41) is 19.3. The maximum absolute atomic E-state index is 14.2. The van der Waals surface area contributed by atoms with Crippen molar-refractivity contribution in [3.05, 3.63) is 33.1 Å². The lowest BCUT2D eigenvalue weighted by Crippen LogP contribution is -2.63. The van der Waals surface area contributed by atoms with Crippen molar-refractivity contribution in [3.63, 3.8) is 0 Å². The Morgan fingerprint density at radius 1 is 0.659 bits per heavy atom. The standard InChI is InChI=1S/C34H34N4O4S2/c1-13-3-7-21-17(9-13)19(11-35)33(43-21)37-29(39)25-15-5-6-16(26(25)30(37)40)24-23(15)27-28(24)32(42)38(31(27)41)34-20(12-36)18-10-14(2)4-8-22(18)44-34/h5-6,13-16,19-20,23-28,33-34H,3-4,7-10H2,1-2H3/t13-,14-,15+,16+,19-,20+,23+,24+,25-,26+,27+,28+,33+,34-/m0/s1. The van der Waals surface area contributed by atoms with Crippen LogP contribution in [0.3, 0.4) is 0 Å². The Hall–Kier alpha value is -2.82. The first kappa shape index (κ1) is 27.5. The normalized spacial score (nSPS) is 48.2. The molecule has 0 N–H and O–H groups in total. The highest BCUT2D eigenvalue weighted by Gasteiger charge is 2.76. The zero-order valence-electron chi connectivity index (χ0n) is 24.7. The number of allylic oxidation sites excluding steroid dienone is 4. The lowest BCUT2D eigenvalue weighted by atomic mass is 9.40. The van der Waals surface area contributed by atoms with Gasteiger partial charge in [0.05, 0.1) is 47.6 Å². The van der Waals surface area contributed by atoms with Crippen molar-refractivity contribution >= 4 is 47.2 Å². The molecule has 10 heteroatoms. The fraction of sp³-hybridized carbons (Fsp3) is 0.647. The van der Waals surface area contributed by atoms with E-state index in [9.17, 15) is 29.7 Å². The molecule has 14 atom stereocenters. The van der Waals surface area contributed by atoms with Crippen LogP contribution < -0.4 is 0 Å². The van der Waals surface area contributed by atoms with E-state index >= 15 is 0 Å². The third-order valence-corrected chi connectivity index (χ3v) is 15.6. The first-order chi connectivity index (χ1) is 21.2. The molecule has 4 aliphatic heterocycles. The molecule has 0 aromatic heterocycles. The lowest BCUT2D eigenvalue weighted by molar-refractivity contribution is -0.166. The molecule has 226 valence electrons. The summed E-state index contributed by atoms with van der Waals surface area (Å²) in [6.45, 7) is 4.38. The number of amides is 4. The molecule has 4 heterocycles. The van der Waals surface area contributed by atoms with Gasteiger partial charge in [-0.2, -0.15) is 10.5 Å². The third kappa shape index (κ3) is 3.27. The van der Waals surface area contributed by atoms with Crippen molar-refractivity contribution in [2.75, 3.05) is 0 Å². The second-order valence-corrected chi connectivity index (χ2v) is 17.1. The number of imide groups is 2. The van der Waals surface area contributed by atoms with Crippen LogP contribution in [0.2, 0.25) is 0 Å². The van der Waals surface area contributed by atoms with Crippen molar-refractivity contribution in [2.45, 2.75) is 63.1 Å². The molecule has 4 amide bonds. The molecule has 6 aliphatic carbocycles. The van der Waals surface area contributed by atoms with Gasteiger partial charge in [0, 0.05) is 0 Å². The molecule has 2 saturated carbocycles. The van der Waals surface area contributed by atoms with Gasteiger partial charge in [0.2, 0.25) is 23.6 Å². The molecule has 2 bridgehead atoms. The van der Waals surface area contributed by atoms with Gasteiger partial charge in [-0.05, 0) is 95.0 Å². The highest BCUT2D eigenvalue weighted by atomic mass is 32.2. The average molecular weight is 627 g/mol. The van der Waals surface area contributed by atoms with Crippen molar-refractivity contribution in [1.29, 1.82) is 10.5 Å². The van der Waals surface area contributed by atoms with Crippen molar-refractivity contribution in [1.82, 2.24) is 9.80 Å². The number of carbonyl (C=O) groups excluding carboxylic acids is 4. The minimum atomic E-state index is -0.545. The fourth-order valence-electron chi connectivity index (χ4n) is 10.7. The summed E-state index contributed by atoms with van der Waals surface area (Å²) in [5.74, 6) is -3.74.